The fourth-order valence-electron chi connectivity index (χ4n) is 3.68. The molecule has 0 saturated heterocycles. The van der Waals surface area contributed by atoms with Crippen molar-refractivity contribution in [1.29, 1.82) is 5.26 Å². The number of carbonyl (C=O) groups excluding carboxylic acids is 1. The number of pyridine rings is 1. The largest absolute Gasteiger partial charge is 0.343 e. The van der Waals surface area contributed by atoms with E-state index in [0.29, 0.717) is 0 Å². The van der Waals surface area contributed by atoms with Crippen LogP contribution in [0.1, 0.15) is 37.2 Å². The number of nitrogens with one attached hydrogen (secondary N) is 1. The number of hydrogen-bond acceptors (Lipinski definition) is 3. The molecular formula is C20H21N3O. The van der Waals surface area contributed by atoms with Crippen molar-refractivity contribution in [3.8, 4) is 17.2 Å². The Bertz CT molecular complexity index is 736. The predicted molar refractivity (Wildman–Crippen MR) is 93.0 cm³/mol. The molecule has 1 heterocycles. The SMILES string of the molecule is N#CCNC(=O)C1CCCCC1c1ccccc1-c1cccnc1. The van der Waals surface area contributed by atoms with Gasteiger partial charge in [0, 0.05) is 23.9 Å². The zero-order valence-corrected chi connectivity index (χ0v) is 13.6. The Labute approximate surface area is 142 Å². The third-order valence-corrected chi connectivity index (χ3v) is 4.78. The lowest BCUT2D eigenvalue weighted by molar-refractivity contribution is -0.126. The van der Waals surface area contributed by atoms with Gasteiger partial charge in [-0.1, -0.05) is 43.2 Å². The van der Waals surface area contributed by atoms with Crippen LogP contribution in [-0.4, -0.2) is 17.4 Å². The van der Waals surface area contributed by atoms with E-state index in [1.165, 1.54) is 5.56 Å². The summed E-state index contributed by atoms with van der Waals surface area (Å²) in [6.45, 7) is 0.0757. The first-order chi connectivity index (χ1) is 11.8. The maximum atomic E-state index is 12.5. The zero-order chi connectivity index (χ0) is 16.8. The van der Waals surface area contributed by atoms with Crippen molar-refractivity contribution in [3.63, 3.8) is 0 Å². The van der Waals surface area contributed by atoms with Gasteiger partial charge in [0.2, 0.25) is 5.91 Å². The highest BCUT2D eigenvalue weighted by molar-refractivity contribution is 5.81. The molecule has 2 atom stereocenters. The van der Waals surface area contributed by atoms with Gasteiger partial charge in [-0.15, -0.1) is 0 Å². The normalized spacial score (nSPS) is 20.1. The highest BCUT2D eigenvalue weighted by Gasteiger charge is 2.33. The van der Waals surface area contributed by atoms with E-state index in [0.717, 1.165) is 36.8 Å². The topological polar surface area (TPSA) is 65.8 Å². The van der Waals surface area contributed by atoms with Crippen LogP contribution < -0.4 is 5.32 Å². The van der Waals surface area contributed by atoms with Crippen LogP contribution in [0.15, 0.2) is 48.8 Å². The standard InChI is InChI=1S/C20H21N3O/c21-11-13-23-20(24)19-10-4-3-9-18(19)17-8-2-1-7-16(17)15-6-5-12-22-14-15/h1-2,5-8,12,14,18-19H,3-4,9-10,13H2,(H,23,24). The van der Waals surface area contributed by atoms with Gasteiger partial charge in [-0.25, -0.2) is 0 Å². The van der Waals surface area contributed by atoms with E-state index < -0.39 is 0 Å². The molecule has 1 saturated carbocycles. The smallest absolute Gasteiger partial charge is 0.224 e. The van der Waals surface area contributed by atoms with Gasteiger partial charge in [0.25, 0.3) is 0 Å². The number of nitrogens with zero attached hydrogens (tertiary/aromatic N) is 2. The van der Waals surface area contributed by atoms with Gasteiger partial charge in [0.05, 0.1) is 6.07 Å². The van der Waals surface area contributed by atoms with Gasteiger partial charge in [0.15, 0.2) is 0 Å². The number of nitriles is 1. The first kappa shape index (κ1) is 16.2. The second-order valence-electron chi connectivity index (χ2n) is 6.20. The molecule has 1 aromatic carbocycles. The van der Waals surface area contributed by atoms with Gasteiger partial charge >= 0.3 is 0 Å². The first-order valence-electron chi connectivity index (χ1n) is 8.45. The molecule has 1 N–H and O–H groups in total. The van der Waals surface area contributed by atoms with E-state index >= 15 is 0 Å². The molecule has 0 radical (unpaired) electrons. The van der Waals surface area contributed by atoms with E-state index in [1.807, 2.05) is 30.5 Å². The van der Waals surface area contributed by atoms with Crippen molar-refractivity contribution in [2.75, 3.05) is 6.54 Å². The third kappa shape index (κ3) is 3.46. The van der Waals surface area contributed by atoms with Gasteiger partial charge in [-0.2, -0.15) is 5.26 Å². The van der Waals surface area contributed by atoms with Crippen molar-refractivity contribution in [1.82, 2.24) is 10.3 Å². The number of rotatable bonds is 4. The van der Waals surface area contributed by atoms with Crippen LogP contribution in [0, 0.1) is 17.2 Å². The van der Waals surface area contributed by atoms with Gasteiger partial charge < -0.3 is 5.32 Å². The maximum absolute atomic E-state index is 12.5. The van der Waals surface area contributed by atoms with E-state index in [-0.39, 0.29) is 24.3 Å². The number of aromatic nitrogens is 1. The highest BCUT2D eigenvalue weighted by Crippen LogP contribution is 2.41. The van der Waals surface area contributed by atoms with E-state index in [4.69, 9.17) is 5.26 Å². The van der Waals surface area contributed by atoms with Crippen LogP contribution in [0.25, 0.3) is 11.1 Å². The monoisotopic (exact) mass is 319 g/mol. The summed E-state index contributed by atoms with van der Waals surface area (Å²) in [5, 5.41) is 11.5. The average molecular weight is 319 g/mol. The number of amides is 1. The first-order valence-corrected chi connectivity index (χ1v) is 8.45. The van der Waals surface area contributed by atoms with Crippen molar-refractivity contribution < 1.29 is 4.79 Å². The lowest BCUT2D eigenvalue weighted by Gasteiger charge is -2.32. The van der Waals surface area contributed by atoms with Crippen molar-refractivity contribution in [2.45, 2.75) is 31.6 Å². The fraction of sp³-hybridized carbons (Fsp3) is 0.350. The molecule has 1 amide bonds. The molecule has 24 heavy (non-hydrogen) atoms. The predicted octanol–water partition coefficient (Wildman–Crippen LogP) is 3.66. The molecular weight excluding hydrogens is 298 g/mol. The summed E-state index contributed by atoms with van der Waals surface area (Å²) in [5.74, 6) is 0.126. The summed E-state index contributed by atoms with van der Waals surface area (Å²) < 4.78 is 0. The molecule has 1 fully saturated rings. The average Bonchev–Trinajstić information content (AvgIpc) is 2.67. The lowest BCUT2D eigenvalue weighted by atomic mass is 9.73. The third-order valence-electron chi connectivity index (χ3n) is 4.78. The van der Waals surface area contributed by atoms with E-state index in [2.05, 4.69) is 28.5 Å². The molecule has 4 nitrogen and oxygen atoms in total. The Kier molecular flexibility index (Phi) is 5.22. The molecule has 2 aromatic rings. The van der Waals surface area contributed by atoms with Crippen molar-refractivity contribution in [3.05, 3.63) is 54.4 Å². The Balaban J connectivity index is 1.94. The molecule has 1 aliphatic carbocycles. The molecule has 122 valence electrons. The van der Waals surface area contributed by atoms with Crippen molar-refractivity contribution in [2.24, 2.45) is 5.92 Å². The van der Waals surface area contributed by atoms with E-state index in [9.17, 15) is 4.79 Å². The summed E-state index contributed by atoms with van der Waals surface area (Å²) in [4.78, 5) is 16.7. The Morgan fingerprint density at radius 1 is 1.21 bits per heavy atom. The molecule has 4 heteroatoms. The van der Waals surface area contributed by atoms with E-state index in [1.54, 1.807) is 6.20 Å². The van der Waals surface area contributed by atoms with Crippen molar-refractivity contribution >= 4 is 5.91 Å². The van der Waals surface area contributed by atoms with Crippen LogP contribution in [0.5, 0.6) is 0 Å². The minimum Gasteiger partial charge on any atom is -0.343 e. The van der Waals surface area contributed by atoms with Crippen LogP contribution in [-0.2, 0) is 4.79 Å². The number of benzene rings is 1. The number of hydrogen-bond donors (Lipinski definition) is 1. The van der Waals surface area contributed by atoms with Gasteiger partial charge in [0.1, 0.15) is 6.54 Å². The van der Waals surface area contributed by atoms with Gasteiger partial charge in [-0.05, 0) is 36.0 Å². The maximum Gasteiger partial charge on any atom is 0.224 e. The summed E-state index contributed by atoms with van der Waals surface area (Å²) in [7, 11) is 0. The summed E-state index contributed by atoms with van der Waals surface area (Å²) >= 11 is 0. The summed E-state index contributed by atoms with van der Waals surface area (Å²) in [5.41, 5.74) is 3.44. The van der Waals surface area contributed by atoms with Crippen LogP contribution in [0.3, 0.4) is 0 Å². The molecule has 0 bridgehead atoms. The van der Waals surface area contributed by atoms with Crippen LogP contribution in [0.2, 0.25) is 0 Å². The lowest BCUT2D eigenvalue weighted by Crippen LogP contribution is -2.36. The molecule has 0 spiro atoms. The van der Waals surface area contributed by atoms with Crippen LogP contribution in [0.4, 0.5) is 0 Å². The Morgan fingerprint density at radius 3 is 2.83 bits per heavy atom. The highest BCUT2D eigenvalue weighted by atomic mass is 16.1. The second kappa shape index (κ2) is 7.74. The number of carbonyl (C=O) groups is 1. The molecule has 2 unspecified atom stereocenters. The zero-order valence-electron chi connectivity index (χ0n) is 13.6. The summed E-state index contributed by atoms with van der Waals surface area (Å²) in [6.07, 6.45) is 7.72. The Morgan fingerprint density at radius 2 is 2.04 bits per heavy atom. The van der Waals surface area contributed by atoms with Crippen LogP contribution >= 0.6 is 0 Å². The summed E-state index contributed by atoms with van der Waals surface area (Å²) in [6, 6.07) is 14.3. The molecule has 1 aromatic heterocycles. The Hall–Kier alpha value is -2.67. The minimum atomic E-state index is -0.0649. The molecule has 1 aliphatic rings. The van der Waals surface area contributed by atoms with Gasteiger partial charge in [-0.3, -0.25) is 9.78 Å². The quantitative estimate of drug-likeness (QED) is 0.875. The minimum absolute atomic E-state index is 0.00207. The molecule has 3 rings (SSSR count). The molecule has 0 aliphatic heterocycles. The fourth-order valence-corrected chi connectivity index (χ4v) is 3.68. The second-order valence-corrected chi connectivity index (χ2v) is 6.20.